The first-order valence-electron chi connectivity index (χ1n) is 7.15. The molecule has 0 bridgehead atoms. The van der Waals surface area contributed by atoms with E-state index in [1.54, 1.807) is 11.8 Å². The van der Waals surface area contributed by atoms with E-state index >= 15 is 0 Å². The minimum absolute atomic E-state index is 0.641. The summed E-state index contributed by atoms with van der Waals surface area (Å²) in [4.78, 5) is 6.39. The van der Waals surface area contributed by atoms with Crippen LogP contribution in [0.2, 0.25) is 0 Å². The van der Waals surface area contributed by atoms with Crippen molar-refractivity contribution in [1.29, 1.82) is 0 Å². The molecule has 1 fully saturated rings. The minimum atomic E-state index is 0.641. The van der Waals surface area contributed by atoms with Gasteiger partial charge in [-0.1, -0.05) is 5.57 Å². The van der Waals surface area contributed by atoms with Crippen molar-refractivity contribution in [2.75, 3.05) is 13.1 Å². The van der Waals surface area contributed by atoms with Crippen molar-refractivity contribution in [2.24, 2.45) is 16.6 Å². The zero-order chi connectivity index (χ0) is 13.2. The van der Waals surface area contributed by atoms with Crippen LogP contribution >= 0.6 is 0 Å². The highest BCUT2D eigenvalue weighted by Crippen LogP contribution is 2.32. The number of nitrogens with one attached hydrogen (secondary N) is 1. The SMILES string of the molecule is CC1=C2C(N)=NC=CN2C=C(C2CCNCC2)CC1. The molecular weight excluding hydrogens is 236 g/mol. The summed E-state index contributed by atoms with van der Waals surface area (Å²) in [7, 11) is 0. The van der Waals surface area contributed by atoms with Gasteiger partial charge in [0.05, 0.1) is 5.70 Å². The van der Waals surface area contributed by atoms with Crippen molar-refractivity contribution in [3.63, 3.8) is 0 Å². The van der Waals surface area contributed by atoms with E-state index in [0.29, 0.717) is 5.84 Å². The highest BCUT2D eigenvalue weighted by Gasteiger charge is 2.24. The number of fused-ring (bicyclic) bond motifs is 1. The molecule has 3 aliphatic heterocycles. The van der Waals surface area contributed by atoms with Crippen LogP contribution in [0.5, 0.6) is 0 Å². The van der Waals surface area contributed by atoms with E-state index < -0.39 is 0 Å². The summed E-state index contributed by atoms with van der Waals surface area (Å²) in [5.41, 5.74) is 10.0. The number of allylic oxidation sites excluding steroid dienone is 2. The summed E-state index contributed by atoms with van der Waals surface area (Å²) in [6.07, 6.45) is 10.8. The van der Waals surface area contributed by atoms with Crippen LogP contribution in [0.25, 0.3) is 0 Å². The monoisotopic (exact) mass is 258 g/mol. The molecule has 0 atom stereocenters. The van der Waals surface area contributed by atoms with E-state index in [2.05, 4.69) is 28.3 Å². The Hall–Kier alpha value is -1.55. The standard InChI is InChI=1S/C15H22N4/c1-11-2-3-13(12-4-6-17-7-5-12)10-19-9-8-18-15(16)14(11)19/h8-10,12,17H,2-7H2,1H3,(H2,16,18). The molecule has 0 amide bonds. The van der Waals surface area contributed by atoms with Gasteiger partial charge < -0.3 is 16.0 Å². The van der Waals surface area contributed by atoms with Gasteiger partial charge in [0.15, 0.2) is 0 Å². The van der Waals surface area contributed by atoms with Crippen LogP contribution in [0.1, 0.15) is 32.6 Å². The topological polar surface area (TPSA) is 53.6 Å². The highest BCUT2D eigenvalue weighted by atomic mass is 15.2. The second-order valence-corrected chi connectivity index (χ2v) is 5.58. The quantitative estimate of drug-likeness (QED) is 0.757. The number of piperidine rings is 1. The molecule has 3 N–H and O–H groups in total. The lowest BCUT2D eigenvalue weighted by Gasteiger charge is -2.27. The van der Waals surface area contributed by atoms with Crippen LogP contribution in [-0.2, 0) is 0 Å². The van der Waals surface area contributed by atoms with Gasteiger partial charge in [0.1, 0.15) is 5.84 Å². The summed E-state index contributed by atoms with van der Waals surface area (Å²) in [5, 5.41) is 3.44. The fourth-order valence-electron chi connectivity index (χ4n) is 3.20. The molecule has 0 aromatic carbocycles. The van der Waals surface area contributed by atoms with Crippen LogP contribution in [0.4, 0.5) is 0 Å². The maximum Gasteiger partial charge on any atom is 0.147 e. The summed E-state index contributed by atoms with van der Waals surface area (Å²) in [6, 6.07) is 0. The summed E-state index contributed by atoms with van der Waals surface area (Å²) in [5.74, 6) is 1.37. The van der Waals surface area contributed by atoms with Crippen LogP contribution in [0.3, 0.4) is 0 Å². The van der Waals surface area contributed by atoms with Gasteiger partial charge in [0.2, 0.25) is 0 Å². The second-order valence-electron chi connectivity index (χ2n) is 5.58. The van der Waals surface area contributed by atoms with E-state index in [4.69, 9.17) is 5.73 Å². The van der Waals surface area contributed by atoms with Crippen molar-refractivity contribution in [2.45, 2.75) is 32.6 Å². The highest BCUT2D eigenvalue weighted by molar-refractivity contribution is 5.98. The zero-order valence-corrected chi connectivity index (χ0v) is 11.5. The third-order valence-electron chi connectivity index (χ3n) is 4.30. The zero-order valence-electron chi connectivity index (χ0n) is 11.5. The molecule has 3 rings (SSSR count). The first kappa shape index (κ1) is 12.5. The smallest absolute Gasteiger partial charge is 0.147 e. The molecule has 4 nitrogen and oxygen atoms in total. The molecule has 19 heavy (non-hydrogen) atoms. The average Bonchev–Trinajstić information content (AvgIpc) is 2.60. The molecule has 0 unspecified atom stereocenters. The predicted molar refractivity (Wildman–Crippen MR) is 78.2 cm³/mol. The molecule has 4 heteroatoms. The maximum atomic E-state index is 6.03. The maximum absolute atomic E-state index is 6.03. The number of nitrogens with two attached hydrogens (primary N) is 1. The van der Waals surface area contributed by atoms with Crippen molar-refractivity contribution in [3.05, 3.63) is 35.4 Å². The number of hydrogen-bond donors (Lipinski definition) is 2. The van der Waals surface area contributed by atoms with Gasteiger partial charge in [0.25, 0.3) is 0 Å². The predicted octanol–water partition coefficient (Wildman–Crippen LogP) is 2.08. The molecule has 0 aromatic heterocycles. The van der Waals surface area contributed by atoms with E-state index in [-0.39, 0.29) is 0 Å². The van der Waals surface area contributed by atoms with E-state index in [1.807, 2.05) is 6.20 Å². The van der Waals surface area contributed by atoms with Crippen LogP contribution in [0, 0.1) is 5.92 Å². The number of aliphatic imine (C=N–C) groups is 1. The third kappa shape index (κ3) is 2.45. The van der Waals surface area contributed by atoms with Crippen molar-refractivity contribution < 1.29 is 0 Å². The van der Waals surface area contributed by atoms with Gasteiger partial charge in [-0.2, -0.15) is 0 Å². The van der Waals surface area contributed by atoms with Crippen molar-refractivity contribution in [1.82, 2.24) is 10.2 Å². The van der Waals surface area contributed by atoms with Gasteiger partial charge in [-0.15, -0.1) is 0 Å². The van der Waals surface area contributed by atoms with Crippen molar-refractivity contribution >= 4 is 5.84 Å². The van der Waals surface area contributed by atoms with Crippen LogP contribution < -0.4 is 11.1 Å². The number of hydrogen-bond acceptors (Lipinski definition) is 4. The molecule has 102 valence electrons. The number of rotatable bonds is 1. The first-order valence-corrected chi connectivity index (χ1v) is 7.15. The Morgan fingerprint density at radius 1 is 1.32 bits per heavy atom. The van der Waals surface area contributed by atoms with Crippen molar-refractivity contribution in [3.8, 4) is 0 Å². The summed E-state index contributed by atoms with van der Waals surface area (Å²) >= 11 is 0. The van der Waals surface area contributed by atoms with E-state index in [1.165, 1.54) is 18.4 Å². The Balaban J connectivity index is 1.88. The Kier molecular flexibility index (Phi) is 3.42. The van der Waals surface area contributed by atoms with E-state index in [0.717, 1.165) is 37.5 Å². The molecule has 0 spiro atoms. The molecule has 0 saturated carbocycles. The van der Waals surface area contributed by atoms with E-state index in [9.17, 15) is 0 Å². The lowest BCUT2D eigenvalue weighted by molar-refractivity contribution is 0.407. The van der Waals surface area contributed by atoms with Crippen LogP contribution in [0.15, 0.2) is 40.4 Å². The van der Waals surface area contributed by atoms with Gasteiger partial charge in [-0.3, -0.25) is 0 Å². The molecular formula is C15H22N4. The molecule has 0 radical (unpaired) electrons. The molecule has 0 aromatic rings. The van der Waals surface area contributed by atoms with Gasteiger partial charge in [0, 0.05) is 18.6 Å². The van der Waals surface area contributed by atoms with Gasteiger partial charge in [-0.05, 0) is 57.2 Å². The van der Waals surface area contributed by atoms with Gasteiger partial charge in [-0.25, -0.2) is 4.99 Å². The molecule has 3 aliphatic rings. The normalized spacial score (nSPS) is 24.8. The number of amidine groups is 1. The summed E-state index contributed by atoms with van der Waals surface area (Å²) in [6.45, 7) is 4.45. The Labute approximate surface area is 114 Å². The molecule has 3 heterocycles. The first-order chi connectivity index (χ1) is 9.25. The molecule has 1 saturated heterocycles. The fraction of sp³-hybridized carbons (Fsp3) is 0.533. The lowest BCUT2D eigenvalue weighted by Crippen LogP contribution is -2.30. The van der Waals surface area contributed by atoms with Crippen LogP contribution in [-0.4, -0.2) is 23.8 Å². The Morgan fingerprint density at radius 3 is 2.89 bits per heavy atom. The minimum Gasteiger partial charge on any atom is -0.382 e. The third-order valence-corrected chi connectivity index (χ3v) is 4.30. The number of nitrogens with zero attached hydrogens (tertiary/aromatic N) is 2. The van der Waals surface area contributed by atoms with Gasteiger partial charge >= 0.3 is 0 Å². The molecule has 0 aliphatic carbocycles. The Morgan fingerprint density at radius 2 is 2.11 bits per heavy atom. The fourth-order valence-corrected chi connectivity index (χ4v) is 3.20. The average molecular weight is 258 g/mol. The Bertz CT molecular complexity index is 478. The summed E-state index contributed by atoms with van der Waals surface area (Å²) < 4.78 is 0. The largest absolute Gasteiger partial charge is 0.382 e. The second kappa shape index (κ2) is 5.21. The lowest BCUT2D eigenvalue weighted by atomic mass is 9.87.